The summed E-state index contributed by atoms with van der Waals surface area (Å²) in [6.07, 6.45) is 0. The van der Waals surface area contributed by atoms with Gasteiger partial charge in [-0.3, -0.25) is 0 Å². The number of hydrogen-bond acceptors (Lipinski definition) is 6. The molecule has 0 saturated carbocycles. The van der Waals surface area contributed by atoms with Gasteiger partial charge in [0.1, 0.15) is 11.6 Å². The van der Waals surface area contributed by atoms with E-state index in [1.807, 2.05) is 16.8 Å². The van der Waals surface area contributed by atoms with Crippen LogP contribution in [0.4, 0.5) is 0 Å². The fourth-order valence-electron chi connectivity index (χ4n) is 2.18. The van der Waals surface area contributed by atoms with E-state index in [-0.39, 0.29) is 0 Å². The average Bonchev–Trinajstić information content (AvgIpc) is 3.29. The van der Waals surface area contributed by atoms with Crippen LogP contribution in [-0.4, -0.2) is 25.2 Å². The highest BCUT2D eigenvalue weighted by atomic mass is 32.1. The first kappa shape index (κ1) is 14.2. The number of aryl methyl sites for hydroxylation is 1. The van der Waals surface area contributed by atoms with Gasteiger partial charge >= 0.3 is 0 Å². The lowest BCUT2D eigenvalue weighted by Crippen LogP contribution is -2.03. The van der Waals surface area contributed by atoms with Crippen molar-refractivity contribution in [2.24, 2.45) is 0 Å². The first-order valence-electron chi connectivity index (χ1n) is 7.10. The summed E-state index contributed by atoms with van der Waals surface area (Å²) in [5.41, 5.74) is 4.37. The number of thiazole rings is 1. The molecule has 3 heterocycles. The Morgan fingerprint density at radius 1 is 1.04 bits per heavy atom. The van der Waals surface area contributed by atoms with Crippen molar-refractivity contribution in [1.29, 1.82) is 0 Å². The van der Waals surface area contributed by atoms with Gasteiger partial charge in [-0.05, 0) is 23.6 Å². The van der Waals surface area contributed by atoms with E-state index >= 15 is 0 Å². The van der Waals surface area contributed by atoms with Gasteiger partial charge in [0.15, 0.2) is 0 Å². The predicted molar refractivity (Wildman–Crippen MR) is 92.5 cm³/mol. The van der Waals surface area contributed by atoms with Gasteiger partial charge in [-0.25, -0.2) is 4.98 Å². The molecule has 114 valence electrons. The fourth-order valence-corrected chi connectivity index (χ4v) is 3.59. The Labute approximate surface area is 141 Å². The van der Waals surface area contributed by atoms with E-state index in [9.17, 15) is 0 Å². The number of hydrogen-bond donors (Lipinski definition) is 0. The first-order chi connectivity index (χ1) is 11.3. The minimum Gasteiger partial charge on any atom is -0.239 e. The van der Waals surface area contributed by atoms with Gasteiger partial charge < -0.3 is 0 Å². The largest absolute Gasteiger partial charge is 0.239 e. The molecule has 3 aromatic heterocycles. The molecule has 0 aliphatic carbocycles. The minimum atomic E-state index is 0.535. The molecule has 0 spiro atoms. The Morgan fingerprint density at radius 3 is 2.70 bits per heavy atom. The highest BCUT2D eigenvalue weighted by Crippen LogP contribution is 2.23. The summed E-state index contributed by atoms with van der Waals surface area (Å²) in [5.74, 6) is 0.654. The molecular weight excluding hydrogens is 326 g/mol. The van der Waals surface area contributed by atoms with E-state index in [4.69, 9.17) is 0 Å². The van der Waals surface area contributed by atoms with Crippen molar-refractivity contribution in [3.8, 4) is 22.6 Å². The van der Waals surface area contributed by atoms with Crippen LogP contribution in [0.1, 0.15) is 10.6 Å². The molecule has 5 nitrogen and oxygen atoms in total. The maximum atomic E-state index is 4.67. The van der Waals surface area contributed by atoms with E-state index in [0.717, 1.165) is 21.8 Å². The van der Waals surface area contributed by atoms with Gasteiger partial charge in [-0.1, -0.05) is 29.8 Å². The summed E-state index contributed by atoms with van der Waals surface area (Å²) in [6.45, 7) is 2.62. The molecule has 0 aliphatic rings. The molecule has 7 heteroatoms. The third kappa shape index (κ3) is 3.06. The van der Waals surface area contributed by atoms with Gasteiger partial charge in [0.2, 0.25) is 5.82 Å². The van der Waals surface area contributed by atoms with E-state index in [2.05, 4.69) is 57.0 Å². The standard InChI is InChI=1S/C16H13N5S2/c1-11-2-4-12(5-3-11)14-10-23-15(17-14)8-21-19-16(18-20-21)13-6-7-22-9-13/h2-7,9-10H,8H2,1H3. The number of tetrazole rings is 1. The zero-order valence-electron chi connectivity index (χ0n) is 12.4. The zero-order valence-corrected chi connectivity index (χ0v) is 14.0. The van der Waals surface area contributed by atoms with Crippen molar-refractivity contribution >= 4 is 22.7 Å². The van der Waals surface area contributed by atoms with E-state index < -0.39 is 0 Å². The van der Waals surface area contributed by atoms with E-state index in [0.29, 0.717) is 12.4 Å². The molecule has 0 atom stereocenters. The molecule has 23 heavy (non-hydrogen) atoms. The second-order valence-corrected chi connectivity index (χ2v) is 6.87. The van der Waals surface area contributed by atoms with Crippen molar-refractivity contribution in [3.05, 3.63) is 57.0 Å². The normalized spacial score (nSPS) is 11.0. The van der Waals surface area contributed by atoms with Gasteiger partial charge in [-0.2, -0.15) is 16.1 Å². The maximum Gasteiger partial charge on any atom is 0.205 e. The van der Waals surface area contributed by atoms with E-state index in [1.165, 1.54) is 5.56 Å². The summed E-state index contributed by atoms with van der Waals surface area (Å²) in [4.78, 5) is 6.26. The fraction of sp³-hybridized carbons (Fsp3) is 0.125. The van der Waals surface area contributed by atoms with Crippen LogP contribution < -0.4 is 0 Å². The number of thiophene rings is 1. The monoisotopic (exact) mass is 339 g/mol. The molecule has 0 unspecified atom stereocenters. The molecule has 4 rings (SSSR count). The number of rotatable bonds is 4. The molecule has 4 aromatic rings. The number of nitrogens with zero attached hydrogens (tertiary/aromatic N) is 5. The molecule has 0 aliphatic heterocycles. The third-order valence-corrected chi connectivity index (χ3v) is 4.92. The number of benzene rings is 1. The first-order valence-corrected chi connectivity index (χ1v) is 8.92. The molecule has 0 fully saturated rings. The predicted octanol–water partition coefficient (Wildman–Crippen LogP) is 3.88. The van der Waals surface area contributed by atoms with E-state index in [1.54, 1.807) is 27.5 Å². The summed E-state index contributed by atoms with van der Waals surface area (Å²) < 4.78 is 0. The highest BCUT2D eigenvalue weighted by molar-refractivity contribution is 7.10. The Bertz CT molecular complexity index is 906. The maximum absolute atomic E-state index is 4.67. The van der Waals surface area contributed by atoms with Gasteiger partial charge in [0, 0.05) is 21.9 Å². The second-order valence-electron chi connectivity index (χ2n) is 5.15. The minimum absolute atomic E-state index is 0.535. The molecule has 0 amide bonds. The molecule has 0 N–H and O–H groups in total. The Kier molecular flexibility index (Phi) is 3.72. The van der Waals surface area contributed by atoms with Gasteiger partial charge in [0.05, 0.1) is 5.69 Å². The van der Waals surface area contributed by atoms with Crippen LogP contribution in [-0.2, 0) is 6.54 Å². The summed E-state index contributed by atoms with van der Waals surface area (Å²) >= 11 is 3.23. The third-order valence-electron chi connectivity index (χ3n) is 3.41. The summed E-state index contributed by atoms with van der Waals surface area (Å²) in [5, 5.41) is 19.7. The Balaban J connectivity index is 1.53. The Morgan fingerprint density at radius 2 is 1.91 bits per heavy atom. The van der Waals surface area contributed by atoms with Crippen molar-refractivity contribution in [1.82, 2.24) is 25.2 Å². The zero-order chi connectivity index (χ0) is 15.6. The van der Waals surface area contributed by atoms with Crippen LogP contribution in [0.25, 0.3) is 22.6 Å². The SMILES string of the molecule is Cc1ccc(-c2csc(Cn3nnc(-c4ccsc4)n3)n2)cc1. The van der Waals surface area contributed by atoms with Crippen molar-refractivity contribution in [2.45, 2.75) is 13.5 Å². The average molecular weight is 339 g/mol. The lowest BCUT2D eigenvalue weighted by molar-refractivity contribution is 0.571. The summed E-state index contributed by atoms with van der Waals surface area (Å²) in [6, 6.07) is 10.4. The lowest BCUT2D eigenvalue weighted by Gasteiger charge is -1.97. The Hall–Kier alpha value is -2.38. The van der Waals surface area contributed by atoms with Crippen LogP contribution in [0.3, 0.4) is 0 Å². The van der Waals surface area contributed by atoms with Crippen LogP contribution in [0.2, 0.25) is 0 Å². The van der Waals surface area contributed by atoms with Crippen LogP contribution >= 0.6 is 22.7 Å². The summed E-state index contributed by atoms with van der Waals surface area (Å²) in [7, 11) is 0. The number of aromatic nitrogens is 5. The molecule has 0 bridgehead atoms. The van der Waals surface area contributed by atoms with Crippen LogP contribution in [0.15, 0.2) is 46.5 Å². The highest BCUT2D eigenvalue weighted by Gasteiger charge is 2.09. The topological polar surface area (TPSA) is 56.5 Å². The van der Waals surface area contributed by atoms with Crippen LogP contribution in [0.5, 0.6) is 0 Å². The molecule has 1 aromatic carbocycles. The second kappa shape index (κ2) is 6.02. The molecule has 0 radical (unpaired) electrons. The van der Waals surface area contributed by atoms with Gasteiger partial charge in [-0.15, -0.1) is 21.5 Å². The smallest absolute Gasteiger partial charge is 0.205 e. The van der Waals surface area contributed by atoms with Crippen LogP contribution in [0, 0.1) is 6.92 Å². The quantitative estimate of drug-likeness (QED) is 0.566. The van der Waals surface area contributed by atoms with Crippen molar-refractivity contribution in [2.75, 3.05) is 0 Å². The molecular formula is C16H13N5S2. The lowest BCUT2D eigenvalue weighted by atomic mass is 10.1. The van der Waals surface area contributed by atoms with Crippen molar-refractivity contribution < 1.29 is 0 Å². The van der Waals surface area contributed by atoms with Gasteiger partial charge in [0.25, 0.3) is 0 Å². The van der Waals surface area contributed by atoms with Crippen molar-refractivity contribution in [3.63, 3.8) is 0 Å². The molecule has 0 saturated heterocycles.